The molecule has 1 N–H and O–H groups in total. The first kappa shape index (κ1) is 18.9. The first-order valence-electron chi connectivity index (χ1n) is 11.1. The lowest BCUT2D eigenvalue weighted by Gasteiger charge is -2.60. The fourth-order valence-corrected chi connectivity index (χ4v) is 6.14. The molecule has 1 aromatic carbocycles. The molecule has 3 aliphatic carbocycles. The normalized spacial score (nSPS) is 36.5. The predicted molar refractivity (Wildman–Crippen MR) is 110 cm³/mol. The molecule has 0 radical (unpaired) electrons. The molecule has 1 saturated heterocycles. The van der Waals surface area contributed by atoms with Crippen LogP contribution >= 0.6 is 0 Å². The van der Waals surface area contributed by atoms with Gasteiger partial charge in [0, 0.05) is 44.4 Å². The van der Waals surface area contributed by atoms with Gasteiger partial charge < -0.3 is 19.9 Å². The molecule has 6 heteroatoms. The van der Waals surface area contributed by atoms with E-state index in [1.54, 1.807) is 0 Å². The number of likely N-dealkylation sites (N-methyl/N-ethyl adjacent to an activating group) is 1. The van der Waals surface area contributed by atoms with Crippen LogP contribution < -0.4 is 10.1 Å². The van der Waals surface area contributed by atoms with Gasteiger partial charge in [0.2, 0.25) is 5.91 Å². The van der Waals surface area contributed by atoms with Gasteiger partial charge >= 0.3 is 0 Å². The summed E-state index contributed by atoms with van der Waals surface area (Å²) < 4.78 is 6.47. The number of hydrogen-bond donors (Lipinski definition) is 1. The summed E-state index contributed by atoms with van der Waals surface area (Å²) in [5.74, 6) is 1.13. The van der Waals surface area contributed by atoms with Gasteiger partial charge in [-0.3, -0.25) is 9.59 Å². The van der Waals surface area contributed by atoms with Crippen molar-refractivity contribution >= 4 is 11.8 Å². The molecule has 1 aromatic rings. The minimum Gasteiger partial charge on any atom is -0.467 e. The minimum atomic E-state index is -0.671. The summed E-state index contributed by atoms with van der Waals surface area (Å²) in [6, 6.07) is 7.47. The largest absolute Gasteiger partial charge is 0.467 e. The van der Waals surface area contributed by atoms with Gasteiger partial charge in [0.1, 0.15) is 5.75 Å². The van der Waals surface area contributed by atoms with Gasteiger partial charge in [-0.05, 0) is 43.4 Å². The van der Waals surface area contributed by atoms with E-state index in [4.69, 9.17) is 4.74 Å². The number of piperazine rings is 1. The Morgan fingerprint density at radius 1 is 1.24 bits per heavy atom. The highest BCUT2D eigenvalue weighted by molar-refractivity contribution is 5.98. The lowest BCUT2D eigenvalue weighted by atomic mass is 9.52. The molecule has 2 aliphatic heterocycles. The summed E-state index contributed by atoms with van der Waals surface area (Å²) in [5.41, 5.74) is -0.213. The summed E-state index contributed by atoms with van der Waals surface area (Å²) in [6.45, 7) is 9.04. The van der Waals surface area contributed by atoms with Crippen molar-refractivity contribution in [3.05, 3.63) is 29.8 Å². The molecule has 156 valence electrons. The number of carbonyl (C=O) groups excluding carboxylic acids is 2. The number of ether oxygens (including phenoxy) is 1. The van der Waals surface area contributed by atoms with Crippen LogP contribution in [0.2, 0.25) is 0 Å². The van der Waals surface area contributed by atoms with Crippen molar-refractivity contribution in [3.63, 3.8) is 0 Å². The Labute approximate surface area is 172 Å². The van der Waals surface area contributed by atoms with Gasteiger partial charge in [-0.15, -0.1) is 0 Å². The third-order valence-corrected chi connectivity index (χ3v) is 7.93. The molecule has 4 fully saturated rings. The van der Waals surface area contributed by atoms with E-state index in [0.29, 0.717) is 23.6 Å². The molecule has 0 aromatic heterocycles. The zero-order valence-corrected chi connectivity index (χ0v) is 17.4. The number of para-hydroxylation sites is 1. The SMILES string of the molecule is CCN1CCN(C(=O)[C@H]2C[C@H]3CC[C@@]2(C)C[C@@]32NC(=O)c3ccccc3O2)CC1. The number of fused-ring (bicyclic) bond motifs is 3. The number of hydrogen-bond acceptors (Lipinski definition) is 4. The minimum absolute atomic E-state index is 0.0257. The topological polar surface area (TPSA) is 61.9 Å². The molecule has 4 atom stereocenters. The molecule has 29 heavy (non-hydrogen) atoms. The van der Waals surface area contributed by atoms with Crippen LogP contribution in [0.25, 0.3) is 0 Å². The molecule has 6 rings (SSSR count). The zero-order chi connectivity index (χ0) is 20.2. The Morgan fingerprint density at radius 2 is 2.00 bits per heavy atom. The number of amides is 2. The lowest BCUT2D eigenvalue weighted by molar-refractivity contribution is -0.175. The number of benzene rings is 1. The third-order valence-electron chi connectivity index (χ3n) is 7.93. The fourth-order valence-electron chi connectivity index (χ4n) is 6.14. The van der Waals surface area contributed by atoms with Crippen LogP contribution in [0.4, 0.5) is 0 Å². The van der Waals surface area contributed by atoms with E-state index in [1.165, 1.54) is 0 Å². The van der Waals surface area contributed by atoms with E-state index in [0.717, 1.165) is 52.0 Å². The lowest BCUT2D eigenvalue weighted by Crippen LogP contribution is -2.69. The van der Waals surface area contributed by atoms with Gasteiger partial charge in [-0.1, -0.05) is 26.0 Å². The molecule has 3 saturated carbocycles. The van der Waals surface area contributed by atoms with Crippen LogP contribution in [-0.2, 0) is 4.79 Å². The zero-order valence-electron chi connectivity index (χ0n) is 17.4. The van der Waals surface area contributed by atoms with Gasteiger partial charge in [0.25, 0.3) is 5.91 Å². The maximum Gasteiger partial charge on any atom is 0.258 e. The maximum absolute atomic E-state index is 13.5. The molecule has 2 bridgehead atoms. The summed E-state index contributed by atoms with van der Waals surface area (Å²) in [5, 5.41) is 3.20. The quantitative estimate of drug-likeness (QED) is 0.833. The Hall–Kier alpha value is -2.08. The van der Waals surface area contributed by atoms with E-state index < -0.39 is 5.72 Å². The number of carbonyl (C=O) groups is 2. The standard InChI is InChI=1S/C23H31N3O3/c1-3-25-10-12-26(13-11-25)21(28)18-14-16-8-9-22(18,2)15-23(16)24-20(27)17-6-4-5-7-19(17)29-23/h4-7,16,18H,3,8-15H2,1-2H3,(H,24,27)/t16-,18-,22+,23+/m1/s1. The van der Waals surface area contributed by atoms with Gasteiger partial charge in [-0.2, -0.15) is 0 Å². The maximum atomic E-state index is 13.5. The average Bonchev–Trinajstić information content (AvgIpc) is 2.73. The van der Waals surface area contributed by atoms with Crippen molar-refractivity contribution in [3.8, 4) is 5.75 Å². The molecule has 5 aliphatic rings. The highest BCUT2D eigenvalue weighted by Crippen LogP contribution is 2.59. The first-order chi connectivity index (χ1) is 13.9. The molecule has 2 amide bonds. The molecule has 6 nitrogen and oxygen atoms in total. The van der Waals surface area contributed by atoms with Crippen LogP contribution in [0.3, 0.4) is 0 Å². The summed E-state index contributed by atoms with van der Waals surface area (Å²) >= 11 is 0. The summed E-state index contributed by atoms with van der Waals surface area (Å²) in [7, 11) is 0. The van der Waals surface area contributed by atoms with Crippen molar-refractivity contribution < 1.29 is 14.3 Å². The number of nitrogens with zero attached hydrogens (tertiary/aromatic N) is 2. The molecule has 0 unspecified atom stereocenters. The van der Waals surface area contributed by atoms with E-state index in [9.17, 15) is 9.59 Å². The molecular weight excluding hydrogens is 366 g/mol. The van der Waals surface area contributed by atoms with Crippen LogP contribution in [-0.4, -0.2) is 60.1 Å². The van der Waals surface area contributed by atoms with Crippen molar-refractivity contribution in [2.75, 3.05) is 32.7 Å². The Balaban J connectivity index is 1.37. The van der Waals surface area contributed by atoms with Gasteiger partial charge in [0.15, 0.2) is 5.72 Å². The van der Waals surface area contributed by atoms with E-state index >= 15 is 0 Å². The second-order valence-electron chi connectivity index (χ2n) is 9.56. The highest BCUT2D eigenvalue weighted by atomic mass is 16.5. The van der Waals surface area contributed by atoms with Crippen LogP contribution in [0, 0.1) is 17.3 Å². The third kappa shape index (κ3) is 2.95. The van der Waals surface area contributed by atoms with Crippen molar-refractivity contribution in [1.82, 2.24) is 15.1 Å². The van der Waals surface area contributed by atoms with Gasteiger partial charge in [0.05, 0.1) is 5.56 Å². The Morgan fingerprint density at radius 3 is 2.72 bits per heavy atom. The predicted octanol–water partition coefficient (Wildman–Crippen LogP) is 2.50. The monoisotopic (exact) mass is 397 g/mol. The van der Waals surface area contributed by atoms with E-state index in [-0.39, 0.29) is 23.2 Å². The van der Waals surface area contributed by atoms with Gasteiger partial charge in [-0.25, -0.2) is 0 Å². The number of nitrogens with one attached hydrogen (secondary N) is 1. The Bertz CT molecular complexity index is 834. The molecule has 1 spiro atoms. The molecular formula is C23H31N3O3. The van der Waals surface area contributed by atoms with Crippen molar-refractivity contribution in [1.29, 1.82) is 0 Å². The first-order valence-corrected chi connectivity index (χ1v) is 11.1. The van der Waals surface area contributed by atoms with E-state index in [2.05, 4.69) is 29.0 Å². The second-order valence-corrected chi connectivity index (χ2v) is 9.56. The Kier molecular flexibility index (Phi) is 4.39. The van der Waals surface area contributed by atoms with Crippen molar-refractivity contribution in [2.24, 2.45) is 17.3 Å². The number of rotatable bonds is 2. The van der Waals surface area contributed by atoms with Crippen LogP contribution in [0.15, 0.2) is 24.3 Å². The van der Waals surface area contributed by atoms with Crippen LogP contribution in [0.5, 0.6) is 5.75 Å². The second kappa shape index (κ2) is 6.73. The van der Waals surface area contributed by atoms with Crippen LogP contribution in [0.1, 0.15) is 49.9 Å². The summed E-state index contributed by atoms with van der Waals surface area (Å²) in [6.07, 6.45) is 3.51. The van der Waals surface area contributed by atoms with Crippen molar-refractivity contribution in [2.45, 2.75) is 45.3 Å². The fraction of sp³-hybridized carbons (Fsp3) is 0.652. The smallest absolute Gasteiger partial charge is 0.258 e. The van der Waals surface area contributed by atoms with E-state index in [1.807, 2.05) is 24.3 Å². The summed E-state index contributed by atoms with van der Waals surface area (Å²) in [4.78, 5) is 30.7. The average molecular weight is 398 g/mol. The molecule has 2 heterocycles. The highest BCUT2D eigenvalue weighted by Gasteiger charge is 2.62.